The number of hydrogen-bond acceptors (Lipinski definition) is 5. The van der Waals surface area contributed by atoms with E-state index in [1.165, 1.54) is 7.11 Å². The van der Waals surface area contributed by atoms with Crippen LogP contribution in [0.3, 0.4) is 0 Å². The number of ketones is 1. The number of nitrogens with zero attached hydrogens (tertiary/aromatic N) is 3. The lowest BCUT2D eigenvalue weighted by Gasteiger charge is -2.14. The normalized spacial score (nSPS) is 28.2. The maximum atomic E-state index is 11.6. The van der Waals surface area contributed by atoms with Crippen LogP contribution in [0.4, 0.5) is 0 Å². The second kappa shape index (κ2) is 5.48. The van der Waals surface area contributed by atoms with Crippen LogP contribution in [0.2, 0.25) is 0 Å². The number of azide groups is 1. The average molecular weight is 227 g/mol. The van der Waals surface area contributed by atoms with Crippen molar-refractivity contribution < 1.29 is 19.4 Å². The summed E-state index contributed by atoms with van der Waals surface area (Å²) in [4.78, 5) is 25.4. The van der Waals surface area contributed by atoms with Crippen LogP contribution >= 0.6 is 0 Å². The summed E-state index contributed by atoms with van der Waals surface area (Å²) in [5.74, 6) is -2.06. The molecule has 0 aliphatic heterocycles. The Bertz CT molecular complexity index is 338. The Morgan fingerprint density at radius 1 is 1.50 bits per heavy atom. The molecule has 0 spiro atoms. The number of rotatable bonds is 4. The van der Waals surface area contributed by atoms with Crippen LogP contribution in [0.1, 0.15) is 12.8 Å². The van der Waals surface area contributed by atoms with Gasteiger partial charge in [-0.05, 0) is 18.4 Å². The second-order valence-electron chi connectivity index (χ2n) is 3.72. The Balaban J connectivity index is 2.72. The number of Topliss-reactive ketones (excluding diaryl/α,β-unsaturated/α-hetero) is 1. The van der Waals surface area contributed by atoms with Gasteiger partial charge in [-0.15, -0.1) is 0 Å². The molecular weight excluding hydrogens is 214 g/mol. The van der Waals surface area contributed by atoms with Crippen molar-refractivity contribution >= 4 is 11.8 Å². The predicted octanol–water partition coefficient (Wildman–Crippen LogP) is 0.426. The number of carbonyl (C=O) groups is 2. The van der Waals surface area contributed by atoms with Crippen LogP contribution in [0, 0.1) is 11.8 Å². The van der Waals surface area contributed by atoms with Gasteiger partial charge in [-0.3, -0.25) is 9.59 Å². The van der Waals surface area contributed by atoms with Gasteiger partial charge in [-0.1, -0.05) is 5.11 Å². The van der Waals surface area contributed by atoms with E-state index in [1.807, 2.05) is 0 Å². The quantitative estimate of drug-likeness (QED) is 0.324. The number of hydrogen-bond donors (Lipinski definition) is 1. The molecule has 1 rings (SSSR count). The van der Waals surface area contributed by atoms with Gasteiger partial charge in [0.15, 0.2) is 0 Å². The fourth-order valence-electron chi connectivity index (χ4n) is 2.00. The van der Waals surface area contributed by atoms with E-state index in [1.54, 1.807) is 0 Å². The van der Waals surface area contributed by atoms with Gasteiger partial charge in [-0.25, -0.2) is 0 Å². The number of aliphatic hydroxyl groups excluding tert-OH is 1. The first kappa shape index (κ1) is 12.5. The van der Waals surface area contributed by atoms with Crippen LogP contribution in [0.15, 0.2) is 5.11 Å². The number of esters is 1. The minimum atomic E-state index is -0.677. The lowest BCUT2D eigenvalue weighted by Crippen LogP contribution is -2.27. The van der Waals surface area contributed by atoms with E-state index in [0.717, 1.165) is 0 Å². The Morgan fingerprint density at radius 3 is 2.69 bits per heavy atom. The molecule has 1 aliphatic rings. The molecule has 0 saturated heterocycles. The number of ether oxygens (including phenoxy) is 1. The van der Waals surface area contributed by atoms with Crippen LogP contribution in [0.25, 0.3) is 10.4 Å². The number of methoxy groups -OCH3 is 1. The Morgan fingerprint density at radius 2 is 2.12 bits per heavy atom. The van der Waals surface area contributed by atoms with E-state index in [4.69, 9.17) is 5.53 Å². The molecule has 16 heavy (non-hydrogen) atoms. The zero-order chi connectivity index (χ0) is 12.1. The molecular formula is C9H13N3O4. The maximum Gasteiger partial charge on any atom is 0.309 e. The monoisotopic (exact) mass is 227 g/mol. The van der Waals surface area contributed by atoms with E-state index in [-0.39, 0.29) is 25.2 Å². The SMILES string of the molecule is COC(=O)[C@@H]1C[C@@H](O)C[C@H]1C(=O)CN=[N+]=[N-]. The second-order valence-corrected chi connectivity index (χ2v) is 3.72. The van der Waals surface area contributed by atoms with Crippen molar-refractivity contribution in [1.82, 2.24) is 0 Å². The van der Waals surface area contributed by atoms with Crippen LogP contribution in [-0.2, 0) is 14.3 Å². The third kappa shape index (κ3) is 2.71. The summed E-state index contributed by atoms with van der Waals surface area (Å²) in [5, 5.41) is 12.6. The minimum Gasteiger partial charge on any atom is -0.469 e. The molecule has 0 aromatic carbocycles. The molecule has 0 unspecified atom stereocenters. The molecule has 88 valence electrons. The molecule has 0 radical (unpaired) electrons. The molecule has 1 N–H and O–H groups in total. The van der Waals surface area contributed by atoms with E-state index in [2.05, 4.69) is 14.8 Å². The maximum absolute atomic E-state index is 11.6. The highest BCUT2D eigenvalue weighted by Crippen LogP contribution is 2.33. The zero-order valence-electron chi connectivity index (χ0n) is 8.87. The Kier molecular flexibility index (Phi) is 4.28. The van der Waals surface area contributed by atoms with Crippen LogP contribution in [-0.4, -0.2) is 36.6 Å². The van der Waals surface area contributed by atoms with Crippen LogP contribution in [0.5, 0.6) is 0 Å². The first-order chi connectivity index (χ1) is 7.60. The molecule has 0 bridgehead atoms. The molecule has 0 heterocycles. The standard InChI is InChI=1S/C9H13N3O4/c1-16-9(15)7-3-5(13)2-6(7)8(14)4-11-12-10/h5-7,13H,2-4H2,1H3/t5-,6+,7+/m0/s1. The van der Waals surface area contributed by atoms with Gasteiger partial charge in [0.2, 0.25) is 0 Å². The zero-order valence-corrected chi connectivity index (χ0v) is 8.87. The summed E-state index contributed by atoms with van der Waals surface area (Å²) in [5.41, 5.74) is 8.10. The van der Waals surface area contributed by atoms with Gasteiger partial charge < -0.3 is 9.84 Å². The Labute approximate surface area is 92.0 Å². The smallest absolute Gasteiger partial charge is 0.309 e. The van der Waals surface area contributed by atoms with Gasteiger partial charge >= 0.3 is 5.97 Å². The van der Waals surface area contributed by atoms with Crippen molar-refractivity contribution in [3.63, 3.8) is 0 Å². The first-order valence-corrected chi connectivity index (χ1v) is 4.89. The van der Waals surface area contributed by atoms with E-state index in [0.29, 0.717) is 0 Å². The molecule has 1 aliphatic carbocycles. The molecule has 7 nitrogen and oxygen atoms in total. The molecule has 3 atom stereocenters. The minimum absolute atomic E-state index is 0.222. The number of aliphatic hydroxyl groups is 1. The summed E-state index contributed by atoms with van der Waals surface area (Å²) >= 11 is 0. The van der Waals surface area contributed by atoms with Gasteiger partial charge in [0.1, 0.15) is 5.78 Å². The number of carbonyl (C=O) groups excluding carboxylic acids is 2. The molecule has 1 fully saturated rings. The highest BCUT2D eigenvalue weighted by Gasteiger charge is 2.42. The molecule has 7 heteroatoms. The van der Waals surface area contributed by atoms with Crippen molar-refractivity contribution in [2.75, 3.05) is 13.7 Å². The van der Waals surface area contributed by atoms with Crippen molar-refractivity contribution in [3.05, 3.63) is 10.4 Å². The van der Waals surface area contributed by atoms with Gasteiger partial charge in [0.25, 0.3) is 0 Å². The third-order valence-electron chi connectivity index (χ3n) is 2.75. The summed E-state index contributed by atoms with van der Waals surface area (Å²) in [7, 11) is 1.24. The Hall–Kier alpha value is -1.59. The summed E-state index contributed by atoms with van der Waals surface area (Å²) < 4.78 is 4.56. The summed E-state index contributed by atoms with van der Waals surface area (Å²) in [6.07, 6.45) is -0.233. The lowest BCUT2D eigenvalue weighted by atomic mass is 9.92. The largest absolute Gasteiger partial charge is 0.469 e. The van der Waals surface area contributed by atoms with Crippen LogP contribution < -0.4 is 0 Å². The summed E-state index contributed by atoms with van der Waals surface area (Å²) in [6, 6.07) is 0. The molecule has 1 saturated carbocycles. The van der Waals surface area contributed by atoms with E-state index >= 15 is 0 Å². The highest BCUT2D eigenvalue weighted by atomic mass is 16.5. The van der Waals surface area contributed by atoms with Crippen molar-refractivity contribution in [1.29, 1.82) is 0 Å². The molecule has 0 aromatic rings. The van der Waals surface area contributed by atoms with Crippen molar-refractivity contribution in [3.8, 4) is 0 Å². The van der Waals surface area contributed by atoms with E-state index < -0.39 is 23.9 Å². The van der Waals surface area contributed by atoms with Gasteiger partial charge in [-0.2, -0.15) is 0 Å². The van der Waals surface area contributed by atoms with E-state index in [9.17, 15) is 14.7 Å². The van der Waals surface area contributed by atoms with Gasteiger partial charge in [0, 0.05) is 10.8 Å². The summed E-state index contributed by atoms with van der Waals surface area (Å²) in [6.45, 7) is -0.290. The first-order valence-electron chi connectivity index (χ1n) is 4.89. The highest BCUT2D eigenvalue weighted by molar-refractivity contribution is 5.88. The third-order valence-corrected chi connectivity index (χ3v) is 2.75. The fraction of sp³-hybridized carbons (Fsp3) is 0.778. The van der Waals surface area contributed by atoms with Crippen molar-refractivity contribution in [2.45, 2.75) is 18.9 Å². The topological polar surface area (TPSA) is 112 Å². The van der Waals surface area contributed by atoms with Gasteiger partial charge in [0.05, 0.1) is 25.7 Å². The lowest BCUT2D eigenvalue weighted by molar-refractivity contribution is -0.148. The fourth-order valence-corrected chi connectivity index (χ4v) is 2.00. The predicted molar refractivity (Wildman–Crippen MR) is 53.3 cm³/mol. The van der Waals surface area contributed by atoms with Crippen molar-refractivity contribution in [2.24, 2.45) is 17.0 Å². The molecule has 0 amide bonds. The molecule has 0 aromatic heterocycles. The average Bonchev–Trinajstić information content (AvgIpc) is 2.67.